The van der Waals surface area contributed by atoms with E-state index >= 15 is 0 Å². The highest BCUT2D eigenvalue weighted by Gasteiger charge is 2.32. The number of fused-ring (bicyclic) bond motifs is 6. The Hall–Kier alpha value is -3.12. The number of pyridine rings is 1. The molecule has 2 atom stereocenters. The standard InChI is InChI=1S/C31H34FN3O2/c1-19-6-9-24-27(33-19)12-13-30-31(24)37-23(18-36-30)17-35(22-4-2-3-5-22)16-20-7-10-28-25(14-20)26-15-21(32)8-11-29(26)34-28/h6,8-9,11-13,15,20,22-23,34H,2-5,7,10,14,16-18H2,1H3/t20-,23+/m1/s1. The second-order valence-electron chi connectivity index (χ2n) is 11.2. The molecule has 5 nitrogen and oxygen atoms in total. The molecule has 0 amide bonds. The molecule has 6 heteroatoms. The molecule has 3 heterocycles. The molecule has 0 spiro atoms. The quantitative estimate of drug-likeness (QED) is 0.348. The number of nitrogens with one attached hydrogen (secondary N) is 1. The van der Waals surface area contributed by atoms with Crippen LogP contribution in [0, 0.1) is 18.7 Å². The monoisotopic (exact) mass is 499 g/mol. The van der Waals surface area contributed by atoms with Gasteiger partial charge in [0.25, 0.3) is 0 Å². The Balaban J connectivity index is 1.11. The summed E-state index contributed by atoms with van der Waals surface area (Å²) in [5.41, 5.74) is 5.62. The Morgan fingerprint density at radius 1 is 1.03 bits per heavy atom. The molecule has 0 saturated heterocycles. The van der Waals surface area contributed by atoms with Crippen molar-refractivity contribution < 1.29 is 13.9 Å². The molecule has 0 radical (unpaired) electrons. The molecule has 7 rings (SSSR count). The van der Waals surface area contributed by atoms with Crippen LogP contribution in [0.25, 0.3) is 21.8 Å². The predicted octanol–water partition coefficient (Wildman–Crippen LogP) is 6.35. The van der Waals surface area contributed by atoms with Crippen LogP contribution in [0.2, 0.25) is 0 Å². The van der Waals surface area contributed by atoms with Crippen LogP contribution in [0.3, 0.4) is 0 Å². The maximum absolute atomic E-state index is 14.0. The molecule has 37 heavy (non-hydrogen) atoms. The van der Waals surface area contributed by atoms with E-state index in [0.29, 0.717) is 18.6 Å². The second-order valence-corrected chi connectivity index (χ2v) is 11.2. The van der Waals surface area contributed by atoms with Crippen molar-refractivity contribution in [2.24, 2.45) is 5.92 Å². The molecule has 4 aromatic rings. The number of aromatic amines is 1. The summed E-state index contributed by atoms with van der Waals surface area (Å²) in [6.45, 7) is 4.50. The van der Waals surface area contributed by atoms with Crippen LogP contribution in [0.15, 0.2) is 42.5 Å². The third-order valence-corrected chi connectivity index (χ3v) is 8.66. The van der Waals surface area contributed by atoms with E-state index in [4.69, 9.17) is 9.47 Å². The molecule has 1 fully saturated rings. The molecule has 0 bridgehead atoms. The Kier molecular flexibility index (Phi) is 5.80. The molecule has 2 aromatic heterocycles. The zero-order valence-corrected chi connectivity index (χ0v) is 21.4. The van der Waals surface area contributed by atoms with Crippen LogP contribution in [0.4, 0.5) is 4.39 Å². The summed E-state index contributed by atoms with van der Waals surface area (Å²) in [5.74, 6) is 2.04. The molecule has 3 aliphatic rings. The van der Waals surface area contributed by atoms with E-state index in [0.717, 1.165) is 71.4 Å². The average Bonchev–Trinajstić information content (AvgIpc) is 3.56. The SMILES string of the molecule is Cc1ccc2c3c(ccc2n1)OC[C@H](CN(C[C@@H]1CCc2[nH]c4ccc(F)cc4c2C1)C1CCCC1)O3. The summed E-state index contributed by atoms with van der Waals surface area (Å²) in [4.78, 5) is 10.9. The molecule has 2 aliphatic carbocycles. The number of hydrogen-bond acceptors (Lipinski definition) is 4. The molecule has 1 aliphatic heterocycles. The minimum absolute atomic E-state index is 0.0126. The molecule has 192 valence electrons. The average molecular weight is 500 g/mol. The van der Waals surface area contributed by atoms with Crippen molar-refractivity contribution in [3.8, 4) is 11.5 Å². The Bertz CT molecular complexity index is 1460. The maximum Gasteiger partial charge on any atom is 0.171 e. The number of aromatic nitrogens is 2. The predicted molar refractivity (Wildman–Crippen MR) is 144 cm³/mol. The van der Waals surface area contributed by atoms with Gasteiger partial charge < -0.3 is 14.5 Å². The Labute approximate surface area is 217 Å². The normalized spacial score (nSPS) is 21.7. The van der Waals surface area contributed by atoms with Crippen LogP contribution < -0.4 is 9.47 Å². The van der Waals surface area contributed by atoms with Gasteiger partial charge in [-0.2, -0.15) is 0 Å². The number of nitrogens with zero attached hydrogens (tertiary/aromatic N) is 2. The number of benzene rings is 2. The van der Waals surface area contributed by atoms with E-state index in [1.165, 1.54) is 36.9 Å². The summed E-state index contributed by atoms with van der Waals surface area (Å²) >= 11 is 0. The fourth-order valence-corrected chi connectivity index (χ4v) is 6.82. The zero-order chi connectivity index (χ0) is 24.9. The van der Waals surface area contributed by atoms with Crippen LogP contribution >= 0.6 is 0 Å². The van der Waals surface area contributed by atoms with Crippen molar-refractivity contribution in [1.29, 1.82) is 0 Å². The van der Waals surface area contributed by atoms with Gasteiger partial charge in [-0.25, -0.2) is 4.39 Å². The number of ether oxygens (including phenoxy) is 2. The molecule has 1 N–H and O–H groups in total. The van der Waals surface area contributed by atoms with Crippen molar-refractivity contribution >= 4 is 21.8 Å². The van der Waals surface area contributed by atoms with Gasteiger partial charge in [0.2, 0.25) is 0 Å². The van der Waals surface area contributed by atoms with Gasteiger partial charge in [-0.05, 0) is 93.0 Å². The summed E-state index contributed by atoms with van der Waals surface area (Å²) in [5, 5.41) is 2.08. The van der Waals surface area contributed by atoms with E-state index in [9.17, 15) is 4.39 Å². The zero-order valence-electron chi connectivity index (χ0n) is 21.4. The topological polar surface area (TPSA) is 50.4 Å². The molecular weight excluding hydrogens is 465 g/mol. The van der Waals surface area contributed by atoms with Crippen molar-refractivity contribution in [2.75, 3.05) is 19.7 Å². The van der Waals surface area contributed by atoms with Crippen LogP contribution in [0.5, 0.6) is 11.5 Å². The lowest BCUT2D eigenvalue weighted by atomic mass is 9.85. The van der Waals surface area contributed by atoms with E-state index < -0.39 is 0 Å². The highest BCUT2D eigenvalue weighted by Crippen LogP contribution is 2.39. The van der Waals surface area contributed by atoms with Crippen LogP contribution in [0.1, 0.15) is 49.1 Å². The minimum atomic E-state index is -0.156. The second kappa shape index (κ2) is 9.32. The molecule has 1 saturated carbocycles. The fourth-order valence-electron chi connectivity index (χ4n) is 6.82. The van der Waals surface area contributed by atoms with Gasteiger partial charge in [-0.3, -0.25) is 9.88 Å². The van der Waals surface area contributed by atoms with Gasteiger partial charge in [-0.1, -0.05) is 12.8 Å². The van der Waals surface area contributed by atoms with Crippen molar-refractivity contribution in [3.05, 3.63) is 65.2 Å². The number of hydrogen-bond donors (Lipinski definition) is 1. The van der Waals surface area contributed by atoms with E-state index in [1.54, 1.807) is 12.1 Å². The minimum Gasteiger partial charge on any atom is -0.486 e. The van der Waals surface area contributed by atoms with Crippen LogP contribution in [-0.4, -0.2) is 46.7 Å². The van der Waals surface area contributed by atoms with Crippen molar-refractivity contribution in [2.45, 2.75) is 64.0 Å². The van der Waals surface area contributed by atoms with E-state index in [-0.39, 0.29) is 11.9 Å². The fraction of sp³-hybridized carbons (Fsp3) is 0.452. The molecular formula is C31H34FN3O2. The van der Waals surface area contributed by atoms with Gasteiger partial charge >= 0.3 is 0 Å². The van der Waals surface area contributed by atoms with Gasteiger partial charge in [0, 0.05) is 46.8 Å². The smallest absolute Gasteiger partial charge is 0.171 e. The third kappa shape index (κ3) is 4.35. The Morgan fingerprint density at radius 2 is 1.92 bits per heavy atom. The lowest BCUT2D eigenvalue weighted by molar-refractivity contribution is 0.0397. The first-order valence-electron chi connectivity index (χ1n) is 13.8. The van der Waals surface area contributed by atoms with Gasteiger partial charge in [0.05, 0.1) is 5.52 Å². The maximum atomic E-state index is 14.0. The lowest BCUT2D eigenvalue weighted by Gasteiger charge is -2.37. The van der Waals surface area contributed by atoms with E-state index in [2.05, 4.69) is 20.9 Å². The van der Waals surface area contributed by atoms with Crippen LogP contribution in [-0.2, 0) is 12.8 Å². The van der Waals surface area contributed by atoms with Gasteiger partial charge in [-0.15, -0.1) is 0 Å². The number of H-pyrrole nitrogens is 1. The first-order chi connectivity index (χ1) is 18.1. The third-order valence-electron chi connectivity index (χ3n) is 8.66. The summed E-state index contributed by atoms with van der Waals surface area (Å²) in [6.07, 6.45) is 8.30. The number of rotatable bonds is 5. The lowest BCUT2D eigenvalue weighted by Crippen LogP contribution is -2.47. The van der Waals surface area contributed by atoms with Gasteiger partial charge in [0.15, 0.2) is 11.5 Å². The molecule has 2 aromatic carbocycles. The van der Waals surface area contributed by atoms with Crippen molar-refractivity contribution in [1.82, 2.24) is 14.9 Å². The highest BCUT2D eigenvalue weighted by atomic mass is 19.1. The Morgan fingerprint density at radius 3 is 2.81 bits per heavy atom. The highest BCUT2D eigenvalue weighted by molar-refractivity contribution is 5.88. The largest absolute Gasteiger partial charge is 0.486 e. The van der Waals surface area contributed by atoms with E-state index in [1.807, 2.05) is 31.2 Å². The van der Waals surface area contributed by atoms with Crippen molar-refractivity contribution in [3.63, 3.8) is 0 Å². The number of halogens is 1. The first-order valence-corrected chi connectivity index (χ1v) is 13.8. The summed E-state index contributed by atoms with van der Waals surface area (Å²) in [6, 6.07) is 13.9. The molecule has 0 unspecified atom stereocenters. The summed E-state index contributed by atoms with van der Waals surface area (Å²) < 4.78 is 26.9. The first kappa shape index (κ1) is 23.0. The number of aryl methyl sites for hydroxylation is 2. The summed E-state index contributed by atoms with van der Waals surface area (Å²) in [7, 11) is 0. The van der Waals surface area contributed by atoms with Gasteiger partial charge in [0.1, 0.15) is 18.5 Å².